The zero-order valence-corrected chi connectivity index (χ0v) is 13.1. The van der Waals surface area contributed by atoms with Gasteiger partial charge in [-0.2, -0.15) is 4.98 Å². The van der Waals surface area contributed by atoms with Gasteiger partial charge in [0, 0.05) is 11.8 Å². The second-order valence-electron chi connectivity index (χ2n) is 5.53. The van der Waals surface area contributed by atoms with Crippen molar-refractivity contribution >= 4 is 5.82 Å². The zero-order chi connectivity index (χ0) is 17.2. The first-order valence-corrected chi connectivity index (χ1v) is 7.81. The predicted molar refractivity (Wildman–Crippen MR) is 88.3 cm³/mol. The number of nitrogens with zero attached hydrogens (tertiary/aromatic N) is 5. The first-order valence-electron chi connectivity index (χ1n) is 7.81. The summed E-state index contributed by atoms with van der Waals surface area (Å²) in [5.74, 6) is 0.501. The predicted octanol–water partition coefficient (Wildman–Crippen LogP) is 3.12. The molecule has 0 saturated carbocycles. The van der Waals surface area contributed by atoms with Crippen molar-refractivity contribution in [2.75, 3.05) is 0 Å². The summed E-state index contributed by atoms with van der Waals surface area (Å²) >= 11 is 0. The summed E-state index contributed by atoms with van der Waals surface area (Å²) < 4.78 is 5.79. The molecule has 1 aliphatic rings. The second-order valence-corrected chi connectivity index (χ2v) is 5.53. The van der Waals surface area contributed by atoms with Crippen LogP contribution in [0.5, 0.6) is 11.6 Å². The Kier molecular flexibility index (Phi) is 3.77. The van der Waals surface area contributed by atoms with Crippen LogP contribution in [0.2, 0.25) is 0 Å². The van der Waals surface area contributed by atoms with E-state index >= 15 is 0 Å². The number of ether oxygens (including phenoxy) is 1. The molecule has 0 saturated heterocycles. The van der Waals surface area contributed by atoms with Crippen molar-refractivity contribution in [3.05, 3.63) is 64.1 Å². The molecule has 0 N–H and O–H groups in total. The Morgan fingerprint density at radius 3 is 2.72 bits per heavy atom. The molecule has 3 aromatic heterocycles. The molecule has 3 aromatic rings. The van der Waals surface area contributed by atoms with Crippen molar-refractivity contribution in [1.29, 1.82) is 0 Å². The van der Waals surface area contributed by atoms with Crippen LogP contribution in [-0.2, 0) is 12.8 Å². The Morgan fingerprint density at radius 1 is 1.04 bits per heavy atom. The van der Waals surface area contributed by atoms with Crippen LogP contribution in [0.3, 0.4) is 0 Å². The largest absolute Gasteiger partial charge is 0.430 e. The molecule has 0 spiro atoms. The van der Waals surface area contributed by atoms with E-state index in [1.165, 1.54) is 12.3 Å². The minimum atomic E-state index is -0.573. The van der Waals surface area contributed by atoms with Crippen molar-refractivity contribution in [3.8, 4) is 23.1 Å². The first kappa shape index (κ1) is 15.1. The highest BCUT2D eigenvalue weighted by Gasteiger charge is 2.24. The average molecular weight is 335 g/mol. The van der Waals surface area contributed by atoms with Gasteiger partial charge >= 0.3 is 5.82 Å². The molecule has 0 fully saturated rings. The SMILES string of the molecule is O=[N+]([O-])c1ncccc1Oc1nc(-c2ccccn2)nc2c1CCC2. The molecule has 3 heterocycles. The van der Waals surface area contributed by atoms with Crippen molar-refractivity contribution in [1.82, 2.24) is 19.9 Å². The number of hydrogen-bond donors (Lipinski definition) is 0. The minimum Gasteiger partial charge on any atom is -0.430 e. The third-order valence-electron chi connectivity index (χ3n) is 3.92. The number of pyridine rings is 2. The molecule has 1 aliphatic carbocycles. The standard InChI is InChI=1S/C17H13N5O3/c23-22(24)16-14(8-4-10-19-16)25-17-11-5-3-7-12(11)20-15(21-17)13-6-1-2-9-18-13/h1-2,4,6,8-10H,3,5,7H2. The molecule has 8 nitrogen and oxygen atoms in total. The number of fused-ring (bicyclic) bond motifs is 1. The maximum atomic E-state index is 11.2. The molecule has 0 aromatic carbocycles. The summed E-state index contributed by atoms with van der Waals surface area (Å²) in [5, 5.41) is 11.2. The van der Waals surface area contributed by atoms with E-state index in [0.29, 0.717) is 17.4 Å². The van der Waals surface area contributed by atoms with Gasteiger partial charge in [0.25, 0.3) is 0 Å². The fourth-order valence-electron chi connectivity index (χ4n) is 2.80. The van der Waals surface area contributed by atoms with Crippen molar-refractivity contribution in [3.63, 3.8) is 0 Å². The highest BCUT2D eigenvalue weighted by molar-refractivity contribution is 5.53. The number of nitro groups is 1. The molecule has 25 heavy (non-hydrogen) atoms. The van der Waals surface area contributed by atoms with Gasteiger partial charge in [-0.3, -0.25) is 4.98 Å². The van der Waals surface area contributed by atoms with E-state index in [2.05, 4.69) is 19.9 Å². The Balaban J connectivity index is 1.80. The Bertz CT molecular complexity index is 946. The Morgan fingerprint density at radius 2 is 1.92 bits per heavy atom. The highest BCUT2D eigenvalue weighted by Crippen LogP contribution is 2.35. The summed E-state index contributed by atoms with van der Waals surface area (Å²) in [6.07, 6.45) is 5.57. The maximum Gasteiger partial charge on any atom is 0.406 e. The third-order valence-corrected chi connectivity index (χ3v) is 3.92. The van der Waals surface area contributed by atoms with E-state index in [1.807, 2.05) is 18.2 Å². The molecule has 8 heteroatoms. The fraction of sp³-hybridized carbons (Fsp3) is 0.176. The smallest absolute Gasteiger partial charge is 0.406 e. The average Bonchev–Trinajstić information content (AvgIpc) is 3.11. The van der Waals surface area contributed by atoms with Crippen LogP contribution in [0.15, 0.2) is 42.7 Å². The lowest BCUT2D eigenvalue weighted by Crippen LogP contribution is -2.03. The summed E-state index contributed by atoms with van der Waals surface area (Å²) in [4.78, 5) is 27.7. The summed E-state index contributed by atoms with van der Waals surface area (Å²) in [7, 11) is 0. The summed E-state index contributed by atoms with van der Waals surface area (Å²) in [6.45, 7) is 0. The Hall–Kier alpha value is -3.42. The van der Waals surface area contributed by atoms with Crippen LogP contribution in [0, 0.1) is 10.1 Å². The van der Waals surface area contributed by atoms with E-state index in [0.717, 1.165) is 30.5 Å². The van der Waals surface area contributed by atoms with Gasteiger partial charge < -0.3 is 14.9 Å². The lowest BCUT2D eigenvalue weighted by Gasteiger charge is -2.10. The number of aromatic nitrogens is 4. The van der Waals surface area contributed by atoms with Gasteiger partial charge in [-0.15, -0.1) is 0 Å². The zero-order valence-electron chi connectivity index (χ0n) is 13.1. The lowest BCUT2D eigenvalue weighted by atomic mass is 10.2. The molecular formula is C17H13N5O3. The maximum absolute atomic E-state index is 11.2. The van der Waals surface area contributed by atoms with Crippen LogP contribution >= 0.6 is 0 Å². The van der Waals surface area contributed by atoms with E-state index < -0.39 is 4.92 Å². The van der Waals surface area contributed by atoms with Gasteiger partial charge in [0.05, 0.1) is 5.69 Å². The van der Waals surface area contributed by atoms with Crippen molar-refractivity contribution in [2.24, 2.45) is 0 Å². The minimum absolute atomic E-state index is 0.0623. The normalized spacial score (nSPS) is 12.6. The molecule has 4 rings (SSSR count). The number of rotatable bonds is 4. The van der Waals surface area contributed by atoms with Crippen LogP contribution in [0.4, 0.5) is 5.82 Å². The van der Waals surface area contributed by atoms with Crippen LogP contribution < -0.4 is 4.74 Å². The van der Waals surface area contributed by atoms with E-state index in [-0.39, 0.29) is 11.6 Å². The van der Waals surface area contributed by atoms with Gasteiger partial charge in [-0.1, -0.05) is 6.07 Å². The molecule has 0 atom stereocenters. The quantitative estimate of drug-likeness (QED) is 0.533. The van der Waals surface area contributed by atoms with Gasteiger partial charge in [-0.05, 0) is 53.4 Å². The molecular weight excluding hydrogens is 322 g/mol. The van der Waals surface area contributed by atoms with Gasteiger partial charge in [0.1, 0.15) is 11.9 Å². The highest BCUT2D eigenvalue weighted by atomic mass is 16.6. The fourth-order valence-corrected chi connectivity index (χ4v) is 2.80. The van der Waals surface area contributed by atoms with Gasteiger partial charge in [0.15, 0.2) is 5.82 Å². The van der Waals surface area contributed by atoms with Gasteiger partial charge in [-0.25, -0.2) is 4.98 Å². The molecule has 0 aliphatic heterocycles. The monoisotopic (exact) mass is 335 g/mol. The van der Waals surface area contributed by atoms with Gasteiger partial charge in [0.2, 0.25) is 11.6 Å². The Labute approximate surface area is 142 Å². The van der Waals surface area contributed by atoms with Crippen LogP contribution in [0.1, 0.15) is 17.7 Å². The molecule has 0 radical (unpaired) electrons. The second kappa shape index (κ2) is 6.23. The summed E-state index contributed by atoms with van der Waals surface area (Å²) in [6, 6.07) is 8.57. The molecule has 124 valence electrons. The number of aryl methyl sites for hydroxylation is 1. The summed E-state index contributed by atoms with van der Waals surface area (Å²) in [5.41, 5.74) is 2.41. The van der Waals surface area contributed by atoms with Crippen molar-refractivity contribution in [2.45, 2.75) is 19.3 Å². The number of hydrogen-bond acceptors (Lipinski definition) is 7. The van der Waals surface area contributed by atoms with Crippen molar-refractivity contribution < 1.29 is 9.66 Å². The van der Waals surface area contributed by atoms with Crippen LogP contribution in [0.25, 0.3) is 11.5 Å². The lowest BCUT2D eigenvalue weighted by molar-refractivity contribution is -0.390. The first-order chi connectivity index (χ1) is 12.2. The van der Waals surface area contributed by atoms with E-state index in [4.69, 9.17) is 4.74 Å². The van der Waals surface area contributed by atoms with Crippen LogP contribution in [-0.4, -0.2) is 24.9 Å². The third kappa shape index (κ3) is 2.89. The topological polar surface area (TPSA) is 104 Å². The molecule has 0 bridgehead atoms. The molecule has 0 amide bonds. The van der Waals surface area contributed by atoms with E-state index in [1.54, 1.807) is 12.3 Å². The van der Waals surface area contributed by atoms with E-state index in [9.17, 15) is 10.1 Å². The molecule has 0 unspecified atom stereocenters.